The van der Waals surface area contributed by atoms with Crippen LogP contribution in [0.3, 0.4) is 0 Å². The molecule has 152 valence electrons. The molecule has 6 nitrogen and oxygen atoms in total. The molecule has 1 amide bonds. The zero-order valence-corrected chi connectivity index (χ0v) is 17.1. The van der Waals surface area contributed by atoms with Crippen LogP contribution in [0.2, 0.25) is 5.02 Å². The second-order valence-electron chi connectivity index (χ2n) is 7.28. The second kappa shape index (κ2) is 8.17. The molecule has 0 spiro atoms. The van der Waals surface area contributed by atoms with Gasteiger partial charge in [-0.05, 0) is 47.9 Å². The minimum atomic E-state index is -0.803. The van der Waals surface area contributed by atoms with Crippen molar-refractivity contribution in [1.29, 1.82) is 0 Å². The van der Waals surface area contributed by atoms with Crippen LogP contribution in [-0.4, -0.2) is 40.5 Å². The monoisotopic (exact) mass is 415 g/mol. The number of amides is 1. The number of phenolic OH excluding ortho intramolecular Hbond substituents is 1. The highest BCUT2D eigenvalue weighted by Crippen LogP contribution is 2.42. The zero-order chi connectivity index (χ0) is 21.3. The summed E-state index contributed by atoms with van der Waals surface area (Å²) in [7, 11) is 1.41. The van der Waals surface area contributed by atoms with E-state index in [2.05, 4.69) is 0 Å². The summed E-state index contributed by atoms with van der Waals surface area (Å²) in [5, 5.41) is 21.3. The third-order valence-electron chi connectivity index (χ3n) is 4.74. The summed E-state index contributed by atoms with van der Waals surface area (Å²) < 4.78 is 5.18. The van der Waals surface area contributed by atoms with Crippen LogP contribution in [0.5, 0.6) is 11.5 Å². The first-order valence-electron chi connectivity index (χ1n) is 9.15. The summed E-state index contributed by atoms with van der Waals surface area (Å²) in [4.78, 5) is 27.1. The molecule has 2 aromatic carbocycles. The summed E-state index contributed by atoms with van der Waals surface area (Å²) in [6.45, 7) is 4.20. The van der Waals surface area contributed by atoms with Crippen molar-refractivity contribution in [3.63, 3.8) is 0 Å². The molecule has 0 aromatic heterocycles. The van der Waals surface area contributed by atoms with Crippen molar-refractivity contribution in [2.45, 2.75) is 19.9 Å². The number of hydrogen-bond donors (Lipinski definition) is 2. The van der Waals surface area contributed by atoms with Gasteiger partial charge in [-0.3, -0.25) is 9.59 Å². The maximum Gasteiger partial charge on any atom is 0.295 e. The number of likely N-dealkylation sites (tertiary alicyclic amines) is 1. The number of rotatable bonds is 5. The number of phenols is 1. The number of nitrogens with zero attached hydrogens (tertiary/aromatic N) is 1. The molecular formula is C22H22ClNO5. The Hall–Kier alpha value is -2.99. The molecule has 0 saturated carbocycles. The van der Waals surface area contributed by atoms with E-state index >= 15 is 0 Å². The van der Waals surface area contributed by atoms with Crippen molar-refractivity contribution >= 4 is 29.1 Å². The van der Waals surface area contributed by atoms with Crippen molar-refractivity contribution in [2.24, 2.45) is 5.92 Å². The average molecular weight is 416 g/mol. The lowest BCUT2D eigenvalue weighted by Crippen LogP contribution is -2.33. The van der Waals surface area contributed by atoms with Gasteiger partial charge >= 0.3 is 0 Å². The van der Waals surface area contributed by atoms with Crippen molar-refractivity contribution in [3.8, 4) is 11.5 Å². The van der Waals surface area contributed by atoms with Gasteiger partial charge in [-0.1, -0.05) is 31.5 Å². The van der Waals surface area contributed by atoms with Gasteiger partial charge in [0.15, 0.2) is 11.5 Å². The molecule has 1 heterocycles. The first-order chi connectivity index (χ1) is 13.7. The molecule has 0 bridgehead atoms. The summed E-state index contributed by atoms with van der Waals surface area (Å²) in [6.07, 6.45) is 0. The molecule has 1 fully saturated rings. The number of aliphatic hydroxyl groups excluding tert-OH is 1. The van der Waals surface area contributed by atoms with Gasteiger partial charge in [-0.2, -0.15) is 0 Å². The Morgan fingerprint density at radius 3 is 2.41 bits per heavy atom. The Morgan fingerprint density at radius 2 is 1.83 bits per heavy atom. The number of benzene rings is 2. The smallest absolute Gasteiger partial charge is 0.295 e. The molecule has 1 atom stereocenters. The van der Waals surface area contributed by atoms with E-state index in [9.17, 15) is 19.8 Å². The molecule has 2 N–H and O–H groups in total. The van der Waals surface area contributed by atoms with Crippen LogP contribution in [-0.2, 0) is 9.59 Å². The largest absolute Gasteiger partial charge is 0.507 e. The standard InChI is InChI=1S/C22H22ClNO5/c1-12(2)11-24-19(14-6-9-16(25)17(10-14)29-3)18(21(27)22(24)28)20(26)13-4-7-15(23)8-5-13/h4-10,12,19,25-26H,11H2,1-3H3. The predicted octanol–water partition coefficient (Wildman–Crippen LogP) is 4.13. The van der Waals surface area contributed by atoms with Gasteiger partial charge in [0.2, 0.25) is 0 Å². The molecule has 1 unspecified atom stereocenters. The number of methoxy groups -OCH3 is 1. The number of halogens is 1. The van der Waals surface area contributed by atoms with E-state index in [-0.39, 0.29) is 28.7 Å². The van der Waals surface area contributed by atoms with Crippen molar-refractivity contribution < 1.29 is 24.5 Å². The Bertz CT molecular complexity index is 981. The maximum atomic E-state index is 12.9. The minimum absolute atomic E-state index is 0.00860. The first kappa shape index (κ1) is 20.7. The van der Waals surface area contributed by atoms with Crippen LogP contribution in [0.25, 0.3) is 5.76 Å². The lowest BCUT2D eigenvalue weighted by Gasteiger charge is -2.27. The topological polar surface area (TPSA) is 87.1 Å². The Balaban J connectivity index is 2.21. The molecule has 2 aromatic rings. The normalized spacial score (nSPS) is 18.5. The van der Waals surface area contributed by atoms with Crippen LogP contribution < -0.4 is 4.74 Å². The number of ether oxygens (including phenoxy) is 1. The van der Waals surface area contributed by atoms with Gasteiger partial charge < -0.3 is 19.8 Å². The first-order valence-corrected chi connectivity index (χ1v) is 9.53. The highest BCUT2D eigenvalue weighted by molar-refractivity contribution is 6.46. The van der Waals surface area contributed by atoms with Gasteiger partial charge in [0.05, 0.1) is 18.7 Å². The van der Waals surface area contributed by atoms with E-state index in [0.29, 0.717) is 22.7 Å². The van der Waals surface area contributed by atoms with Crippen LogP contribution in [0.4, 0.5) is 0 Å². The van der Waals surface area contributed by atoms with Crippen molar-refractivity contribution in [2.75, 3.05) is 13.7 Å². The van der Waals surface area contributed by atoms with Gasteiger partial charge in [0.25, 0.3) is 11.7 Å². The molecule has 1 saturated heterocycles. The summed E-state index contributed by atoms with van der Waals surface area (Å²) in [6, 6.07) is 10.2. The summed E-state index contributed by atoms with van der Waals surface area (Å²) >= 11 is 5.92. The zero-order valence-electron chi connectivity index (χ0n) is 16.3. The Kier molecular flexibility index (Phi) is 5.84. The quantitative estimate of drug-likeness (QED) is 0.435. The average Bonchev–Trinajstić information content (AvgIpc) is 2.93. The fraction of sp³-hybridized carbons (Fsp3) is 0.273. The fourth-order valence-corrected chi connectivity index (χ4v) is 3.56. The summed E-state index contributed by atoms with van der Waals surface area (Å²) in [5.41, 5.74) is 0.924. The van der Waals surface area contributed by atoms with Gasteiger partial charge in [0, 0.05) is 17.1 Å². The van der Waals surface area contributed by atoms with Crippen LogP contribution in [0, 0.1) is 5.92 Å². The number of aliphatic hydroxyl groups is 1. The molecule has 1 aliphatic rings. The predicted molar refractivity (Wildman–Crippen MR) is 110 cm³/mol. The molecular weight excluding hydrogens is 394 g/mol. The lowest BCUT2D eigenvalue weighted by atomic mass is 9.94. The fourth-order valence-electron chi connectivity index (χ4n) is 3.44. The van der Waals surface area contributed by atoms with E-state index < -0.39 is 17.7 Å². The third kappa shape index (κ3) is 3.93. The van der Waals surface area contributed by atoms with E-state index in [0.717, 1.165) is 0 Å². The highest BCUT2D eigenvalue weighted by Gasteiger charge is 2.46. The molecule has 1 aliphatic heterocycles. The second-order valence-corrected chi connectivity index (χ2v) is 7.72. The molecule has 7 heteroatoms. The Morgan fingerprint density at radius 1 is 1.17 bits per heavy atom. The number of hydrogen-bond acceptors (Lipinski definition) is 5. The Labute approximate surface area is 174 Å². The summed E-state index contributed by atoms with van der Waals surface area (Å²) in [5.74, 6) is -1.45. The molecule has 0 radical (unpaired) electrons. The van der Waals surface area contributed by atoms with Crippen molar-refractivity contribution in [1.82, 2.24) is 4.90 Å². The van der Waals surface area contributed by atoms with Crippen LogP contribution >= 0.6 is 11.6 Å². The number of Topliss-reactive ketones (excluding diaryl/α,β-unsaturated/α-hetero) is 1. The number of carbonyl (C=O) groups is 2. The van der Waals surface area contributed by atoms with E-state index in [1.807, 2.05) is 13.8 Å². The highest BCUT2D eigenvalue weighted by atomic mass is 35.5. The molecule has 29 heavy (non-hydrogen) atoms. The maximum absolute atomic E-state index is 12.9. The van der Waals surface area contributed by atoms with Crippen LogP contribution in [0.15, 0.2) is 48.0 Å². The van der Waals surface area contributed by atoms with Crippen molar-refractivity contribution in [3.05, 3.63) is 64.2 Å². The number of ketones is 1. The SMILES string of the molecule is COc1cc(C2C(=C(O)c3ccc(Cl)cc3)C(=O)C(=O)N2CC(C)C)ccc1O. The van der Waals surface area contributed by atoms with Gasteiger partial charge in [0.1, 0.15) is 5.76 Å². The minimum Gasteiger partial charge on any atom is -0.507 e. The number of aromatic hydroxyl groups is 1. The van der Waals surface area contributed by atoms with Crippen LogP contribution in [0.1, 0.15) is 31.0 Å². The van der Waals surface area contributed by atoms with Gasteiger partial charge in [-0.25, -0.2) is 0 Å². The van der Waals surface area contributed by atoms with E-state index in [1.54, 1.807) is 36.4 Å². The third-order valence-corrected chi connectivity index (χ3v) is 4.99. The lowest BCUT2D eigenvalue weighted by molar-refractivity contribution is -0.140. The van der Waals surface area contributed by atoms with E-state index in [4.69, 9.17) is 16.3 Å². The van der Waals surface area contributed by atoms with E-state index in [1.165, 1.54) is 18.1 Å². The van der Waals surface area contributed by atoms with Gasteiger partial charge in [-0.15, -0.1) is 0 Å². The number of carbonyl (C=O) groups excluding carboxylic acids is 2. The molecule has 3 rings (SSSR count). The molecule has 0 aliphatic carbocycles.